The zero-order valence-electron chi connectivity index (χ0n) is 11.8. The van der Waals surface area contributed by atoms with E-state index in [9.17, 15) is 4.79 Å². The summed E-state index contributed by atoms with van der Waals surface area (Å²) in [4.78, 5) is 15.5. The van der Waals surface area contributed by atoms with Crippen molar-refractivity contribution in [3.63, 3.8) is 0 Å². The van der Waals surface area contributed by atoms with Gasteiger partial charge in [0.15, 0.2) is 6.19 Å². The maximum atomic E-state index is 11.4. The molecule has 2 aromatic rings. The van der Waals surface area contributed by atoms with E-state index < -0.39 is 5.97 Å². The average molecular weight is 295 g/mol. The van der Waals surface area contributed by atoms with Crippen molar-refractivity contribution in [1.82, 2.24) is 5.32 Å². The minimum absolute atomic E-state index is 0.0412. The minimum atomic E-state index is -0.425. The second-order valence-electron chi connectivity index (χ2n) is 4.11. The van der Waals surface area contributed by atoms with Crippen LogP contribution in [0.5, 0.6) is 5.75 Å². The first-order valence-corrected chi connectivity index (χ1v) is 6.38. The first kappa shape index (κ1) is 15.1. The number of rotatable bonds is 3. The predicted octanol–water partition coefficient (Wildman–Crippen LogP) is 2.61. The van der Waals surface area contributed by atoms with E-state index >= 15 is 0 Å². The van der Waals surface area contributed by atoms with Crippen molar-refractivity contribution in [1.29, 1.82) is 5.26 Å². The number of nitrogens with zero attached hydrogens (tertiary/aromatic N) is 2. The van der Waals surface area contributed by atoms with Crippen LogP contribution in [0.15, 0.2) is 59.6 Å². The van der Waals surface area contributed by atoms with Gasteiger partial charge in [-0.1, -0.05) is 18.2 Å². The number of para-hydroxylation sites is 1. The van der Waals surface area contributed by atoms with E-state index in [0.29, 0.717) is 17.0 Å². The van der Waals surface area contributed by atoms with E-state index in [1.54, 1.807) is 42.6 Å². The van der Waals surface area contributed by atoms with E-state index in [-0.39, 0.29) is 6.02 Å². The molecule has 0 aliphatic rings. The molecule has 6 nitrogen and oxygen atoms in total. The highest BCUT2D eigenvalue weighted by Crippen LogP contribution is 2.15. The molecule has 22 heavy (non-hydrogen) atoms. The second-order valence-corrected chi connectivity index (χ2v) is 4.11. The van der Waals surface area contributed by atoms with Gasteiger partial charge in [0.05, 0.1) is 18.4 Å². The molecule has 0 aliphatic carbocycles. The number of esters is 1. The fraction of sp³-hybridized carbons (Fsp3) is 0.0625. The summed E-state index contributed by atoms with van der Waals surface area (Å²) < 4.78 is 10.1. The quantitative estimate of drug-likeness (QED) is 0.309. The third-order valence-electron chi connectivity index (χ3n) is 2.64. The number of aliphatic imine (C=N–C) groups is 1. The molecule has 2 rings (SSSR count). The lowest BCUT2D eigenvalue weighted by molar-refractivity contribution is 0.0601. The van der Waals surface area contributed by atoms with Crippen LogP contribution in [-0.4, -0.2) is 19.1 Å². The van der Waals surface area contributed by atoms with Gasteiger partial charge in [-0.2, -0.15) is 10.3 Å². The first-order valence-electron chi connectivity index (χ1n) is 6.38. The maximum absolute atomic E-state index is 11.4. The molecule has 0 amide bonds. The van der Waals surface area contributed by atoms with Crippen LogP contribution in [0.2, 0.25) is 0 Å². The van der Waals surface area contributed by atoms with E-state index in [1.807, 2.05) is 18.2 Å². The molecule has 1 N–H and O–H groups in total. The molecular formula is C16H13N3O3. The van der Waals surface area contributed by atoms with Crippen LogP contribution in [0.25, 0.3) is 0 Å². The molecular weight excluding hydrogens is 282 g/mol. The largest absolute Gasteiger partial charge is 0.465 e. The van der Waals surface area contributed by atoms with Gasteiger partial charge < -0.3 is 9.47 Å². The van der Waals surface area contributed by atoms with Gasteiger partial charge in [0, 0.05) is 0 Å². The number of amidine groups is 1. The zero-order chi connectivity index (χ0) is 15.8. The van der Waals surface area contributed by atoms with Crippen molar-refractivity contribution < 1.29 is 14.3 Å². The van der Waals surface area contributed by atoms with E-state index in [2.05, 4.69) is 15.0 Å². The summed E-state index contributed by atoms with van der Waals surface area (Å²) in [6.07, 6.45) is 1.77. The number of benzene rings is 2. The van der Waals surface area contributed by atoms with Crippen molar-refractivity contribution in [2.24, 2.45) is 4.99 Å². The molecule has 0 spiro atoms. The van der Waals surface area contributed by atoms with Crippen LogP contribution in [0, 0.1) is 11.5 Å². The molecule has 0 atom stereocenters. The van der Waals surface area contributed by atoms with Crippen molar-refractivity contribution in [2.45, 2.75) is 0 Å². The van der Waals surface area contributed by atoms with E-state index in [0.717, 1.165) is 0 Å². The highest BCUT2D eigenvalue weighted by Gasteiger charge is 2.06. The molecule has 0 fully saturated rings. The molecule has 0 saturated heterocycles. The Morgan fingerprint density at radius 1 is 1.14 bits per heavy atom. The summed E-state index contributed by atoms with van der Waals surface area (Å²) >= 11 is 0. The van der Waals surface area contributed by atoms with Gasteiger partial charge >= 0.3 is 12.0 Å². The molecule has 2 aromatic carbocycles. The van der Waals surface area contributed by atoms with E-state index in [1.165, 1.54) is 7.11 Å². The summed E-state index contributed by atoms with van der Waals surface area (Å²) in [5.41, 5.74) is 0.946. The fourth-order valence-corrected chi connectivity index (χ4v) is 1.63. The molecule has 0 heterocycles. The Hall–Kier alpha value is -3.33. The topological polar surface area (TPSA) is 83.7 Å². The molecule has 0 aliphatic heterocycles. The molecule has 0 unspecified atom stereocenters. The Balaban J connectivity index is 2.19. The van der Waals surface area contributed by atoms with Crippen LogP contribution in [0.1, 0.15) is 10.4 Å². The van der Waals surface area contributed by atoms with Crippen LogP contribution in [0.3, 0.4) is 0 Å². The molecule has 0 saturated carbocycles. The van der Waals surface area contributed by atoms with Crippen molar-refractivity contribution in [3.05, 3.63) is 60.2 Å². The summed E-state index contributed by atoms with van der Waals surface area (Å²) in [6.45, 7) is 0. The van der Waals surface area contributed by atoms with E-state index in [4.69, 9.17) is 10.00 Å². The summed E-state index contributed by atoms with van der Waals surface area (Å²) in [5.74, 6) is 0.126. The normalized spacial score (nSPS) is 10.5. The average Bonchev–Trinajstić information content (AvgIpc) is 2.56. The standard InChI is InChI=1S/C16H13N3O3/c1-21-15(20)12-7-9-13(10-8-12)19-16(18-11-17)22-14-5-3-2-4-6-14/h2-10H,1H3,(H,18,19). The fourth-order valence-electron chi connectivity index (χ4n) is 1.63. The number of hydrogen-bond donors (Lipinski definition) is 1. The number of methoxy groups -OCH3 is 1. The van der Waals surface area contributed by atoms with Gasteiger partial charge in [0.2, 0.25) is 0 Å². The van der Waals surface area contributed by atoms with Gasteiger partial charge in [-0.3, -0.25) is 0 Å². The van der Waals surface area contributed by atoms with Crippen LogP contribution in [-0.2, 0) is 4.74 Å². The number of ether oxygens (including phenoxy) is 2. The Labute approximate surface area is 127 Å². The third-order valence-corrected chi connectivity index (χ3v) is 2.64. The monoisotopic (exact) mass is 295 g/mol. The van der Waals surface area contributed by atoms with Crippen LogP contribution >= 0.6 is 0 Å². The van der Waals surface area contributed by atoms with Gasteiger partial charge in [0.1, 0.15) is 5.75 Å². The Kier molecular flexibility index (Phi) is 5.10. The minimum Gasteiger partial charge on any atom is -0.465 e. The summed E-state index contributed by atoms with van der Waals surface area (Å²) in [7, 11) is 1.32. The van der Waals surface area contributed by atoms with Crippen molar-refractivity contribution in [2.75, 3.05) is 7.11 Å². The second kappa shape index (κ2) is 7.45. The van der Waals surface area contributed by atoms with Crippen molar-refractivity contribution >= 4 is 17.7 Å². The van der Waals surface area contributed by atoms with Crippen LogP contribution in [0.4, 0.5) is 5.69 Å². The smallest absolute Gasteiger partial charge is 0.337 e. The lowest BCUT2D eigenvalue weighted by Crippen LogP contribution is -2.23. The Bertz CT molecular complexity index is 704. The molecule has 0 bridgehead atoms. The molecule has 0 radical (unpaired) electrons. The predicted molar refractivity (Wildman–Crippen MR) is 80.7 cm³/mol. The number of carbonyl (C=O) groups excluding carboxylic acids is 1. The first-order chi connectivity index (χ1) is 10.7. The number of carbonyl (C=O) groups is 1. The molecule has 6 heteroatoms. The molecule has 0 aromatic heterocycles. The Morgan fingerprint density at radius 2 is 1.82 bits per heavy atom. The summed E-state index contributed by atoms with van der Waals surface area (Å²) in [6, 6.07) is 15.4. The highest BCUT2D eigenvalue weighted by molar-refractivity contribution is 5.89. The lowest BCUT2D eigenvalue weighted by Gasteiger charge is -2.06. The van der Waals surface area contributed by atoms with Gasteiger partial charge in [-0.05, 0) is 36.4 Å². The Morgan fingerprint density at radius 3 is 2.41 bits per heavy atom. The van der Waals surface area contributed by atoms with Gasteiger partial charge in [-0.25, -0.2) is 10.1 Å². The maximum Gasteiger partial charge on any atom is 0.337 e. The zero-order valence-corrected chi connectivity index (χ0v) is 11.8. The van der Waals surface area contributed by atoms with Gasteiger partial charge in [-0.15, -0.1) is 0 Å². The van der Waals surface area contributed by atoms with Crippen LogP contribution < -0.4 is 10.1 Å². The number of nitriles is 1. The summed E-state index contributed by atoms with van der Waals surface area (Å²) in [5, 5.41) is 11.1. The van der Waals surface area contributed by atoms with Crippen molar-refractivity contribution in [3.8, 4) is 11.9 Å². The number of hydrogen-bond acceptors (Lipinski definition) is 5. The number of nitrogens with one attached hydrogen (secondary N) is 1. The third kappa shape index (κ3) is 4.08. The lowest BCUT2D eigenvalue weighted by atomic mass is 10.2. The molecule has 110 valence electrons. The highest BCUT2D eigenvalue weighted by atomic mass is 16.5. The SMILES string of the molecule is COC(=O)c1ccc(N=C(NC#N)Oc2ccccc2)cc1. The van der Waals surface area contributed by atoms with Gasteiger partial charge in [0.25, 0.3) is 0 Å².